The van der Waals surface area contributed by atoms with Crippen molar-refractivity contribution in [3.05, 3.63) is 0 Å². The molecule has 1 nitrogen and oxygen atoms in total. The molecule has 0 aromatic carbocycles. The lowest BCUT2D eigenvalue weighted by Gasteiger charge is -2.30. The Hall–Kier alpha value is 0.250. The average Bonchev–Trinajstić information content (AvgIpc) is 2.29. The van der Waals surface area contributed by atoms with E-state index < -0.39 is 0 Å². The number of hydrogen-bond acceptors (Lipinski definition) is 1. The van der Waals surface area contributed by atoms with E-state index in [2.05, 4.69) is 19.2 Å². The predicted molar refractivity (Wildman–Crippen MR) is 59.4 cm³/mol. The summed E-state index contributed by atoms with van der Waals surface area (Å²) in [6.07, 6.45) is 7.25. The van der Waals surface area contributed by atoms with Crippen molar-refractivity contribution in [3.8, 4) is 0 Å². The van der Waals surface area contributed by atoms with Gasteiger partial charge in [-0.15, -0.1) is 12.4 Å². The summed E-state index contributed by atoms with van der Waals surface area (Å²) < 4.78 is 0. The van der Waals surface area contributed by atoms with E-state index in [1.807, 2.05) is 0 Å². The van der Waals surface area contributed by atoms with Gasteiger partial charge in [-0.2, -0.15) is 0 Å². The van der Waals surface area contributed by atoms with Gasteiger partial charge in [-0.05, 0) is 43.9 Å². The van der Waals surface area contributed by atoms with Gasteiger partial charge in [0.25, 0.3) is 0 Å². The third-order valence-corrected chi connectivity index (χ3v) is 3.38. The highest BCUT2D eigenvalue weighted by Gasteiger charge is 2.33. The van der Waals surface area contributed by atoms with Gasteiger partial charge >= 0.3 is 0 Å². The minimum absolute atomic E-state index is 0. The maximum atomic E-state index is 3.69. The van der Waals surface area contributed by atoms with Gasteiger partial charge in [0.2, 0.25) is 0 Å². The van der Waals surface area contributed by atoms with E-state index >= 15 is 0 Å². The summed E-state index contributed by atoms with van der Waals surface area (Å²) in [5.74, 6) is 1.93. The van der Waals surface area contributed by atoms with Crippen molar-refractivity contribution in [3.63, 3.8) is 0 Å². The topological polar surface area (TPSA) is 12.0 Å². The molecule has 0 aliphatic carbocycles. The highest BCUT2D eigenvalue weighted by Crippen LogP contribution is 2.34. The molecule has 13 heavy (non-hydrogen) atoms. The van der Waals surface area contributed by atoms with Gasteiger partial charge in [-0.3, -0.25) is 0 Å². The molecule has 0 aromatic rings. The Bertz CT molecular complexity index is 146. The van der Waals surface area contributed by atoms with Crippen molar-refractivity contribution < 1.29 is 0 Å². The summed E-state index contributed by atoms with van der Waals surface area (Å²) in [5.41, 5.74) is 0. The normalized spacial score (nSPS) is 37.6. The second-order valence-electron chi connectivity index (χ2n) is 5.10. The first-order chi connectivity index (χ1) is 5.74. The van der Waals surface area contributed by atoms with Crippen LogP contribution in [0.4, 0.5) is 0 Å². The summed E-state index contributed by atoms with van der Waals surface area (Å²) in [6.45, 7) is 4.70. The van der Waals surface area contributed by atoms with Crippen LogP contribution in [0.3, 0.4) is 0 Å². The molecule has 0 spiro atoms. The molecule has 2 aliphatic rings. The summed E-state index contributed by atoms with van der Waals surface area (Å²) in [5, 5.41) is 3.69. The lowest BCUT2D eigenvalue weighted by atomic mass is 9.86. The van der Waals surface area contributed by atoms with Crippen LogP contribution in [0.2, 0.25) is 0 Å². The summed E-state index contributed by atoms with van der Waals surface area (Å²) >= 11 is 0. The lowest BCUT2D eigenvalue weighted by molar-refractivity contribution is 0.263. The van der Waals surface area contributed by atoms with Crippen LogP contribution in [-0.4, -0.2) is 12.1 Å². The van der Waals surface area contributed by atoms with Gasteiger partial charge in [0.1, 0.15) is 0 Å². The fourth-order valence-electron chi connectivity index (χ4n) is 3.03. The molecule has 2 heteroatoms. The smallest absolute Gasteiger partial charge is 0.00728 e. The molecule has 0 amide bonds. The van der Waals surface area contributed by atoms with Crippen LogP contribution in [0.15, 0.2) is 0 Å². The number of nitrogens with one attached hydrogen (secondary N) is 1. The molecule has 0 radical (unpaired) electrons. The third-order valence-electron chi connectivity index (χ3n) is 3.38. The number of fused-ring (bicyclic) bond motifs is 2. The number of piperidine rings is 1. The van der Waals surface area contributed by atoms with Crippen LogP contribution in [0, 0.1) is 11.8 Å². The monoisotopic (exact) mass is 203 g/mol. The predicted octanol–water partition coefficient (Wildman–Crippen LogP) is 2.98. The molecular weight excluding hydrogens is 182 g/mol. The molecule has 2 aliphatic heterocycles. The van der Waals surface area contributed by atoms with Gasteiger partial charge in [0, 0.05) is 12.1 Å². The molecule has 2 atom stereocenters. The number of halogens is 1. The Labute approximate surface area is 88.1 Å². The Morgan fingerprint density at radius 3 is 2.15 bits per heavy atom. The van der Waals surface area contributed by atoms with E-state index in [0.717, 1.165) is 23.9 Å². The standard InChI is InChI=1S/C11H21N.ClH/c1-8(2)5-9-6-10-3-4-11(7-9)12-10;/h8-12H,3-7H2,1-2H3;1H. The summed E-state index contributed by atoms with van der Waals surface area (Å²) in [7, 11) is 0. The number of rotatable bonds is 2. The second kappa shape index (κ2) is 4.65. The molecule has 0 saturated carbocycles. The van der Waals surface area contributed by atoms with Crippen LogP contribution in [0.1, 0.15) is 46.0 Å². The van der Waals surface area contributed by atoms with Crippen LogP contribution in [0.5, 0.6) is 0 Å². The molecular formula is C11H22ClN. The SMILES string of the molecule is CC(C)CC1CC2CCC(C1)N2.Cl. The lowest BCUT2D eigenvalue weighted by Crippen LogP contribution is -2.38. The zero-order valence-corrected chi connectivity index (χ0v) is 9.57. The Morgan fingerprint density at radius 1 is 1.15 bits per heavy atom. The Morgan fingerprint density at radius 2 is 1.69 bits per heavy atom. The molecule has 1 N–H and O–H groups in total. The van der Waals surface area contributed by atoms with E-state index in [0.29, 0.717) is 0 Å². The molecule has 2 rings (SSSR count). The van der Waals surface area contributed by atoms with Crippen molar-refractivity contribution in [2.24, 2.45) is 11.8 Å². The van der Waals surface area contributed by atoms with Crippen molar-refractivity contribution in [1.82, 2.24) is 5.32 Å². The first kappa shape index (κ1) is 11.3. The summed E-state index contributed by atoms with van der Waals surface area (Å²) in [4.78, 5) is 0. The van der Waals surface area contributed by atoms with E-state index in [9.17, 15) is 0 Å². The maximum Gasteiger partial charge on any atom is 0.00728 e. The van der Waals surface area contributed by atoms with Crippen LogP contribution >= 0.6 is 12.4 Å². The van der Waals surface area contributed by atoms with Gasteiger partial charge in [-0.25, -0.2) is 0 Å². The first-order valence-corrected chi connectivity index (χ1v) is 5.50. The quantitative estimate of drug-likeness (QED) is 0.728. The zero-order valence-electron chi connectivity index (χ0n) is 8.75. The minimum atomic E-state index is 0. The van der Waals surface area contributed by atoms with Gasteiger partial charge in [-0.1, -0.05) is 13.8 Å². The van der Waals surface area contributed by atoms with E-state index in [1.54, 1.807) is 0 Å². The molecule has 2 saturated heterocycles. The minimum Gasteiger partial charge on any atom is -0.311 e. The molecule has 78 valence electrons. The number of hydrogen-bond donors (Lipinski definition) is 1. The van der Waals surface area contributed by atoms with Crippen LogP contribution < -0.4 is 5.32 Å². The highest BCUT2D eigenvalue weighted by molar-refractivity contribution is 5.85. The van der Waals surface area contributed by atoms with Crippen molar-refractivity contribution in [2.75, 3.05) is 0 Å². The Balaban J connectivity index is 0.000000845. The van der Waals surface area contributed by atoms with E-state index in [-0.39, 0.29) is 12.4 Å². The molecule has 2 heterocycles. The molecule has 2 bridgehead atoms. The van der Waals surface area contributed by atoms with Crippen molar-refractivity contribution in [1.29, 1.82) is 0 Å². The maximum absolute atomic E-state index is 3.69. The fourth-order valence-corrected chi connectivity index (χ4v) is 3.03. The summed E-state index contributed by atoms with van der Waals surface area (Å²) in [6, 6.07) is 1.76. The first-order valence-electron chi connectivity index (χ1n) is 5.50. The molecule has 2 fully saturated rings. The molecule has 2 unspecified atom stereocenters. The van der Waals surface area contributed by atoms with Gasteiger partial charge < -0.3 is 5.32 Å². The van der Waals surface area contributed by atoms with Crippen molar-refractivity contribution >= 4 is 12.4 Å². The van der Waals surface area contributed by atoms with Gasteiger partial charge in [0.05, 0.1) is 0 Å². The highest BCUT2D eigenvalue weighted by atomic mass is 35.5. The third kappa shape index (κ3) is 2.85. The molecule has 0 aromatic heterocycles. The van der Waals surface area contributed by atoms with E-state index in [1.165, 1.54) is 32.1 Å². The average molecular weight is 204 g/mol. The van der Waals surface area contributed by atoms with Crippen LogP contribution in [0.25, 0.3) is 0 Å². The van der Waals surface area contributed by atoms with Crippen LogP contribution in [-0.2, 0) is 0 Å². The Kier molecular flexibility index (Phi) is 4.06. The van der Waals surface area contributed by atoms with E-state index in [4.69, 9.17) is 0 Å². The fraction of sp³-hybridized carbons (Fsp3) is 1.00. The largest absolute Gasteiger partial charge is 0.311 e. The zero-order chi connectivity index (χ0) is 8.55. The van der Waals surface area contributed by atoms with Gasteiger partial charge in [0.15, 0.2) is 0 Å². The van der Waals surface area contributed by atoms with Crippen molar-refractivity contribution in [2.45, 2.75) is 58.0 Å². The second-order valence-corrected chi connectivity index (χ2v) is 5.10.